The van der Waals surface area contributed by atoms with E-state index in [-0.39, 0.29) is 17.4 Å². The Morgan fingerprint density at radius 1 is 1.25 bits per heavy atom. The summed E-state index contributed by atoms with van der Waals surface area (Å²) in [6, 6.07) is 3.77. The van der Waals surface area contributed by atoms with Gasteiger partial charge in [0, 0.05) is 19.9 Å². The van der Waals surface area contributed by atoms with Crippen molar-refractivity contribution in [1.82, 2.24) is 20.0 Å². The molecule has 1 unspecified atom stereocenters. The van der Waals surface area contributed by atoms with Gasteiger partial charge in [-0.05, 0) is 75.3 Å². The number of nitrogens with zero attached hydrogens (tertiary/aromatic N) is 4. The average molecular weight is 499 g/mol. The Morgan fingerprint density at radius 3 is 2.67 bits per heavy atom. The van der Waals surface area contributed by atoms with Gasteiger partial charge in [-0.3, -0.25) is 14.3 Å². The molecule has 198 valence electrons. The van der Waals surface area contributed by atoms with Gasteiger partial charge in [0.2, 0.25) is 0 Å². The first-order valence-corrected chi connectivity index (χ1v) is 13.2. The smallest absolute Gasteiger partial charge is 0.306 e. The van der Waals surface area contributed by atoms with Crippen LogP contribution in [-0.2, 0) is 23.1 Å². The number of carboxylic acid groups (broad SMARTS) is 1. The molecule has 0 amide bonds. The lowest BCUT2D eigenvalue weighted by molar-refractivity contribution is -0.143. The lowest BCUT2D eigenvalue weighted by Crippen LogP contribution is -2.29. The molecule has 0 radical (unpaired) electrons. The van der Waals surface area contributed by atoms with Crippen molar-refractivity contribution in [2.45, 2.75) is 98.5 Å². The molecule has 0 spiro atoms. The van der Waals surface area contributed by atoms with E-state index in [0.717, 1.165) is 48.5 Å². The van der Waals surface area contributed by atoms with Crippen LogP contribution in [0, 0.1) is 24.2 Å². The molecule has 3 atom stereocenters. The molecule has 0 bridgehead atoms. The number of pyridine rings is 1. The Bertz CT molecular complexity index is 1060. The monoisotopic (exact) mass is 498 g/mol. The van der Waals surface area contributed by atoms with Crippen LogP contribution in [0.5, 0.6) is 5.75 Å². The predicted molar refractivity (Wildman–Crippen MR) is 139 cm³/mol. The fourth-order valence-corrected chi connectivity index (χ4v) is 5.38. The highest BCUT2D eigenvalue weighted by Gasteiger charge is 2.28. The van der Waals surface area contributed by atoms with Crippen LogP contribution < -0.4 is 4.74 Å². The fourth-order valence-electron chi connectivity index (χ4n) is 5.38. The molecule has 1 aliphatic carbocycles. The van der Waals surface area contributed by atoms with E-state index in [9.17, 15) is 14.7 Å². The van der Waals surface area contributed by atoms with Crippen molar-refractivity contribution in [1.29, 1.82) is 0 Å². The summed E-state index contributed by atoms with van der Waals surface area (Å²) in [4.78, 5) is 28.6. The molecule has 1 saturated carbocycles. The van der Waals surface area contributed by atoms with Crippen LogP contribution in [-0.4, -0.2) is 42.9 Å². The summed E-state index contributed by atoms with van der Waals surface area (Å²) < 4.78 is 7.90. The van der Waals surface area contributed by atoms with Crippen LogP contribution in [0.4, 0.5) is 0 Å². The number of aromatic nitrogens is 4. The topological polar surface area (TPSA) is 107 Å². The summed E-state index contributed by atoms with van der Waals surface area (Å²) in [5.41, 5.74) is 3.38. The van der Waals surface area contributed by atoms with Crippen LogP contribution >= 0.6 is 0 Å². The summed E-state index contributed by atoms with van der Waals surface area (Å²) in [5.74, 6) is 0.293. The highest BCUT2D eigenvalue weighted by molar-refractivity contribution is 5.78. The predicted octanol–water partition coefficient (Wildman–Crippen LogP) is 5.56. The van der Waals surface area contributed by atoms with E-state index in [2.05, 4.69) is 38.0 Å². The standard InChI is InChI=1S/C28H42N4O4/c1-18(17-28(3,4)5)15-21(33)10-8-12-24-26(30-31-32(24)6)23-13-14-25(19(2)29-23)36-22-11-7-9-20(16-22)27(34)35/h13-14,18,20,22H,7-12,15-17H2,1-6H3,(H,34,35)/t18?,20-,22-/m0/s1. The van der Waals surface area contributed by atoms with Crippen molar-refractivity contribution in [3.8, 4) is 17.1 Å². The van der Waals surface area contributed by atoms with E-state index < -0.39 is 5.97 Å². The fraction of sp³-hybridized carbons (Fsp3) is 0.679. The molecule has 2 heterocycles. The second-order valence-electron chi connectivity index (χ2n) is 11.7. The quantitative estimate of drug-likeness (QED) is 0.432. The first-order valence-electron chi connectivity index (χ1n) is 13.2. The molecule has 0 aromatic carbocycles. The molecular formula is C28H42N4O4. The molecule has 0 saturated heterocycles. The molecule has 1 fully saturated rings. The second kappa shape index (κ2) is 12.0. The third-order valence-electron chi connectivity index (χ3n) is 6.90. The van der Waals surface area contributed by atoms with E-state index in [0.29, 0.717) is 49.6 Å². The first kappa shape index (κ1) is 27.8. The minimum Gasteiger partial charge on any atom is -0.489 e. The van der Waals surface area contributed by atoms with Gasteiger partial charge in [0.15, 0.2) is 0 Å². The maximum absolute atomic E-state index is 12.5. The summed E-state index contributed by atoms with van der Waals surface area (Å²) in [6.07, 6.45) is 6.52. The maximum Gasteiger partial charge on any atom is 0.306 e. The molecule has 8 heteroatoms. The van der Waals surface area contributed by atoms with E-state index in [4.69, 9.17) is 9.72 Å². The Kier molecular flexibility index (Phi) is 9.25. The third-order valence-corrected chi connectivity index (χ3v) is 6.90. The minimum atomic E-state index is -0.746. The van der Waals surface area contributed by atoms with Crippen molar-refractivity contribution in [3.63, 3.8) is 0 Å². The van der Waals surface area contributed by atoms with Crippen LogP contribution in [0.1, 0.15) is 90.4 Å². The van der Waals surface area contributed by atoms with Gasteiger partial charge in [0.05, 0.1) is 29.1 Å². The van der Waals surface area contributed by atoms with Crippen molar-refractivity contribution >= 4 is 11.8 Å². The van der Waals surface area contributed by atoms with Crippen molar-refractivity contribution in [3.05, 3.63) is 23.5 Å². The van der Waals surface area contributed by atoms with Gasteiger partial charge in [-0.1, -0.05) is 32.9 Å². The zero-order valence-corrected chi connectivity index (χ0v) is 22.7. The number of carbonyl (C=O) groups excluding carboxylic acids is 1. The van der Waals surface area contributed by atoms with Crippen LogP contribution in [0.2, 0.25) is 0 Å². The molecule has 3 rings (SSSR count). The van der Waals surface area contributed by atoms with Gasteiger partial charge in [-0.2, -0.15) is 0 Å². The summed E-state index contributed by atoms with van der Waals surface area (Å²) in [7, 11) is 1.87. The number of aliphatic carboxylic acids is 1. The number of rotatable bonds is 11. The van der Waals surface area contributed by atoms with Crippen molar-refractivity contribution in [2.24, 2.45) is 24.3 Å². The number of ketones is 1. The molecule has 8 nitrogen and oxygen atoms in total. The zero-order chi connectivity index (χ0) is 26.5. The van der Waals surface area contributed by atoms with Gasteiger partial charge in [0.25, 0.3) is 0 Å². The molecule has 36 heavy (non-hydrogen) atoms. The van der Waals surface area contributed by atoms with E-state index in [1.165, 1.54) is 0 Å². The average Bonchev–Trinajstić information content (AvgIpc) is 3.14. The highest BCUT2D eigenvalue weighted by atomic mass is 16.5. The summed E-state index contributed by atoms with van der Waals surface area (Å²) in [6.45, 7) is 10.7. The SMILES string of the molecule is Cc1nc(-c2nnn(C)c2CCCC(=O)CC(C)CC(C)(C)C)ccc1O[C@H]1CCC[C@H](C(=O)O)C1. The minimum absolute atomic E-state index is 0.109. The Labute approximate surface area is 214 Å². The van der Waals surface area contributed by atoms with Gasteiger partial charge in [-0.25, -0.2) is 4.98 Å². The van der Waals surface area contributed by atoms with Gasteiger partial charge < -0.3 is 9.84 Å². The Balaban J connectivity index is 1.60. The number of hydrogen-bond donors (Lipinski definition) is 1. The van der Waals surface area contributed by atoms with Crippen LogP contribution in [0.3, 0.4) is 0 Å². The molecule has 2 aromatic rings. The normalized spacial score (nSPS) is 19.2. The lowest BCUT2D eigenvalue weighted by Gasteiger charge is -2.27. The van der Waals surface area contributed by atoms with Gasteiger partial charge >= 0.3 is 5.97 Å². The number of carboxylic acids is 1. The zero-order valence-electron chi connectivity index (χ0n) is 22.7. The maximum atomic E-state index is 12.5. The van der Waals surface area contributed by atoms with Crippen molar-refractivity contribution in [2.75, 3.05) is 0 Å². The van der Waals surface area contributed by atoms with E-state index in [1.807, 2.05) is 26.1 Å². The molecule has 2 aromatic heterocycles. The van der Waals surface area contributed by atoms with Gasteiger partial charge in [-0.15, -0.1) is 5.10 Å². The lowest BCUT2D eigenvalue weighted by atomic mass is 9.83. The highest BCUT2D eigenvalue weighted by Crippen LogP contribution is 2.31. The van der Waals surface area contributed by atoms with Crippen LogP contribution in [0.15, 0.2) is 12.1 Å². The van der Waals surface area contributed by atoms with Crippen molar-refractivity contribution < 1.29 is 19.4 Å². The van der Waals surface area contributed by atoms with E-state index >= 15 is 0 Å². The second-order valence-corrected chi connectivity index (χ2v) is 11.7. The molecule has 1 N–H and O–H groups in total. The Hall–Kier alpha value is -2.77. The Morgan fingerprint density at radius 2 is 2.00 bits per heavy atom. The van der Waals surface area contributed by atoms with Gasteiger partial charge in [0.1, 0.15) is 17.2 Å². The number of aryl methyl sites for hydroxylation is 2. The molecule has 0 aliphatic heterocycles. The molecule has 1 aliphatic rings. The molecular weight excluding hydrogens is 456 g/mol. The van der Waals surface area contributed by atoms with Crippen LogP contribution in [0.25, 0.3) is 11.4 Å². The number of hydrogen-bond acceptors (Lipinski definition) is 6. The number of Topliss-reactive ketones (excluding diaryl/α,β-unsaturated/α-hetero) is 1. The summed E-state index contributed by atoms with van der Waals surface area (Å²) in [5, 5.41) is 17.9. The first-order chi connectivity index (χ1) is 16.9. The largest absolute Gasteiger partial charge is 0.489 e. The number of ether oxygens (including phenoxy) is 1. The third kappa shape index (κ3) is 7.87. The number of carbonyl (C=O) groups is 2. The summed E-state index contributed by atoms with van der Waals surface area (Å²) >= 11 is 0. The van der Waals surface area contributed by atoms with E-state index in [1.54, 1.807) is 4.68 Å².